The van der Waals surface area contributed by atoms with Crippen LogP contribution in [-0.4, -0.2) is 34.7 Å². The van der Waals surface area contributed by atoms with Crippen molar-refractivity contribution in [3.05, 3.63) is 23.8 Å². The van der Waals surface area contributed by atoms with Gasteiger partial charge >= 0.3 is 18.0 Å². The molecule has 0 aromatic carbocycles. The lowest BCUT2D eigenvalue weighted by atomic mass is 10.2. The third-order valence-corrected chi connectivity index (χ3v) is 1.60. The molecule has 102 valence electrons. The molecule has 0 fully saturated rings. The van der Waals surface area contributed by atoms with Gasteiger partial charge in [-0.05, 0) is 20.3 Å². The third kappa shape index (κ3) is 13.7. The van der Waals surface area contributed by atoms with Gasteiger partial charge in [-0.15, -0.1) is 0 Å². The van der Waals surface area contributed by atoms with Crippen LogP contribution in [0, 0.1) is 0 Å². The van der Waals surface area contributed by atoms with E-state index in [4.69, 9.17) is 15.9 Å². The van der Waals surface area contributed by atoms with Gasteiger partial charge in [0.15, 0.2) is 0 Å². The molecule has 0 saturated carbocycles. The molecule has 0 rings (SSSR count). The van der Waals surface area contributed by atoms with Crippen molar-refractivity contribution >= 4 is 18.0 Å². The lowest BCUT2D eigenvalue weighted by Crippen LogP contribution is -2.29. The summed E-state index contributed by atoms with van der Waals surface area (Å²) in [5.41, 5.74) is 5.22. The Labute approximate surface area is 105 Å². The molecule has 0 aliphatic rings. The summed E-state index contributed by atoms with van der Waals surface area (Å²) in [6.45, 7) is 6.46. The second-order valence-corrected chi connectivity index (χ2v) is 3.36. The van der Waals surface area contributed by atoms with E-state index in [0.29, 0.717) is 13.0 Å². The summed E-state index contributed by atoms with van der Waals surface area (Å²) < 4.78 is 0. The molecule has 0 saturated heterocycles. The molecule has 0 bridgehead atoms. The molecule has 0 spiro atoms. The maximum atomic E-state index is 10.2. The van der Waals surface area contributed by atoms with Crippen LogP contribution in [-0.2, 0) is 9.59 Å². The lowest BCUT2D eigenvalue weighted by Gasteiger charge is -1.97. The Morgan fingerprint density at radius 2 is 1.67 bits per heavy atom. The van der Waals surface area contributed by atoms with Crippen molar-refractivity contribution in [1.82, 2.24) is 5.32 Å². The van der Waals surface area contributed by atoms with Gasteiger partial charge in [-0.3, -0.25) is 0 Å². The van der Waals surface area contributed by atoms with Crippen LogP contribution in [0.15, 0.2) is 23.8 Å². The first kappa shape index (κ1) is 18.1. The van der Waals surface area contributed by atoms with E-state index in [9.17, 15) is 14.4 Å². The number of carboxylic acids is 2. The molecule has 0 aliphatic carbocycles. The maximum absolute atomic E-state index is 10.2. The van der Waals surface area contributed by atoms with Gasteiger partial charge in [0.1, 0.15) is 0 Å². The average molecular weight is 258 g/mol. The van der Waals surface area contributed by atoms with Gasteiger partial charge < -0.3 is 21.3 Å². The minimum absolute atomic E-state index is 0.176. The van der Waals surface area contributed by atoms with Crippen LogP contribution >= 0.6 is 0 Å². The van der Waals surface area contributed by atoms with Gasteiger partial charge in [0.05, 0.1) is 0 Å². The van der Waals surface area contributed by atoms with Crippen LogP contribution in [0.4, 0.5) is 4.79 Å². The van der Waals surface area contributed by atoms with E-state index in [1.165, 1.54) is 19.9 Å². The number of urea groups is 1. The first-order chi connectivity index (χ1) is 8.18. The molecule has 0 radical (unpaired) electrons. The highest BCUT2D eigenvalue weighted by Crippen LogP contribution is 1.93. The standard InChI is InChI=1S/C7H12N2O3.C4H6O2/c1-5(6(10)11)3-2-4-9-7(8)12;1-3(2)4(5)6/h3H,2,4H2,1H3,(H,10,11)(H3,8,9,12);1H2,2H3,(H,5,6). The van der Waals surface area contributed by atoms with Gasteiger partial charge in [-0.2, -0.15) is 0 Å². The summed E-state index contributed by atoms with van der Waals surface area (Å²) in [5, 5.41) is 18.6. The number of rotatable bonds is 5. The molecule has 0 heterocycles. The normalized spacial score (nSPS) is 9.78. The molecular weight excluding hydrogens is 240 g/mol. The molecule has 0 aromatic heterocycles. The number of primary amides is 1. The van der Waals surface area contributed by atoms with Crippen LogP contribution in [0.5, 0.6) is 0 Å². The van der Waals surface area contributed by atoms with Crippen LogP contribution in [0.2, 0.25) is 0 Å². The fourth-order valence-corrected chi connectivity index (χ4v) is 0.571. The Morgan fingerprint density at radius 1 is 1.22 bits per heavy atom. The van der Waals surface area contributed by atoms with Gasteiger partial charge in [0.25, 0.3) is 0 Å². The first-order valence-corrected chi connectivity index (χ1v) is 5.00. The van der Waals surface area contributed by atoms with Crippen molar-refractivity contribution in [3.8, 4) is 0 Å². The molecular formula is C11H18N2O5. The predicted molar refractivity (Wildman–Crippen MR) is 66.0 cm³/mol. The van der Waals surface area contributed by atoms with Crippen molar-refractivity contribution in [2.24, 2.45) is 5.73 Å². The molecule has 0 aliphatic heterocycles. The second kappa shape index (κ2) is 9.88. The zero-order valence-electron chi connectivity index (χ0n) is 10.4. The molecule has 18 heavy (non-hydrogen) atoms. The Balaban J connectivity index is 0. The number of carbonyl (C=O) groups is 3. The quantitative estimate of drug-likeness (QED) is 0.426. The molecule has 5 N–H and O–H groups in total. The highest BCUT2D eigenvalue weighted by atomic mass is 16.4. The van der Waals surface area contributed by atoms with Gasteiger partial charge in [0, 0.05) is 17.7 Å². The Bertz CT molecular complexity index is 348. The zero-order chi connectivity index (χ0) is 14.7. The summed E-state index contributed by atoms with van der Waals surface area (Å²) in [4.78, 5) is 30.0. The summed E-state index contributed by atoms with van der Waals surface area (Å²) >= 11 is 0. The smallest absolute Gasteiger partial charge is 0.330 e. The number of aliphatic carboxylic acids is 2. The Hall–Kier alpha value is -2.31. The van der Waals surface area contributed by atoms with Gasteiger partial charge in [-0.25, -0.2) is 14.4 Å². The molecule has 0 aromatic rings. The van der Waals surface area contributed by atoms with Crippen molar-refractivity contribution in [3.63, 3.8) is 0 Å². The molecule has 7 nitrogen and oxygen atoms in total. The maximum Gasteiger partial charge on any atom is 0.330 e. The first-order valence-electron chi connectivity index (χ1n) is 5.00. The molecule has 0 unspecified atom stereocenters. The fraction of sp³-hybridized carbons (Fsp3) is 0.364. The highest BCUT2D eigenvalue weighted by Gasteiger charge is 1.97. The Morgan fingerprint density at radius 3 is 1.94 bits per heavy atom. The average Bonchev–Trinajstić information content (AvgIpc) is 2.24. The van der Waals surface area contributed by atoms with E-state index in [-0.39, 0.29) is 11.1 Å². The van der Waals surface area contributed by atoms with E-state index in [1.54, 1.807) is 0 Å². The number of hydrogen-bond acceptors (Lipinski definition) is 3. The van der Waals surface area contributed by atoms with E-state index in [2.05, 4.69) is 11.9 Å². The SMILES string of the molecule is C=C(C)C(=O)O.CC(=CCCNC(N)=O)C(=O)O. The van der Waals surface area contributed by atoms with Crippen molar-refractivity contribution in [2.45, 2.75) is 20.3 Å². The minimum Gasteiger partial charge on any atom is -0.478 e. The fourth-order valence-electron chi connectivity index (χ4n) is 0.571. The van der Waals surface area contributed by atoms with Crippen LogP contribution in [0.1, 0.15) is 20.3 Å². The predicted octanol–water partition coefficient (Wildman–Crippen LogP) is 0.723. The number of amides is 2. The van der Waals surface area contributed by atoms with Crippen molar-refractivity contribution < 1.29 is 24.6 Å². The van der Waals surface area contributed by atoms with Crippen LogP contribution in [0.25, 0.3) is 0 Å². The highest BCUT2D eigenvalue weighted by molar-refractivity contribution is 5.85. The van der Waals surface area contributed by atoms with E-state index in [0.717, 1.165) is 0 Å². The summed E-state index contributed by atoms with van der Waals surface area (Å²) in [6, 6.07) is -0.601. The van der Waals surface area contributed by atoms with Crippen molar-refractivity contribution in [2.75, 3.05) is 6.54 Å². The van der Waals surface area contributed by atoms with Crippen LogP contribution in [0.3, 0.4) is 0 Å². The Kier molecular flexibility index (Phi) is 9.92. The topological polar surface area (TPSA) is 130 Å². The van der Waals surface area contributed by atoms with Crippen LogP contribution < -0.4 is 11.1 Å². The minimum atomic E-state index is -0.950. The summed E-state index contributed by atoms with van der Waals surface area (Å²) in [7, 11) is 0. The third-order valence-electron chi connectivity index (χ3n) is 1.60. The van der Waals surface area contributed by atoms with E-state index < -0.39 is 18.0 Å². The number of nitrogens with one attached hydrogen (secondary N) is 1. The molecule has 0 atom stereocenters. The number of nitrogens with two attached hydrogens (primary N) is 1. The summed E-state index contributed by atoms with van der Waals surface area (Å²) in [6.07, 6.45) is 2.00. The second-order valence-electron chi connectivity index (χ2n) is 3.36. The number of carboxylic acid groups (broad SMARTS) is 2. The molecule has 7 heteroatoms. The van der Waals surface area contributed by atoms with E-state index >= 15 is 0 Å². The number of carbonyl (C=O) groups excluding carboxylic acids is 1. The van der Waals surface area contributed by atoms with E-state index in [1.807, 2.05) is 0 Å². The van der Waals surface area contributed by atoms with Gasteiger partial charge in [0.2, 0.25) is 0 Å². The van der Waals surface area contributed by atoms with Crippen molar-refractivity contribution in [1.29, 1.82) is 0 Å². The van der Waals surface area contributed by atoms with Gasteiger partial charge in [-0.1, -0.05) is 12.7 Å². The molecule has 2 amide bonds. The zero-order valence-corrected chi connectivity index (χ0v) is 10.4. The summed E-state index contributed by atoms with van der Waals surface area (Å²) in [5.74, 6) is -1.89. The monoisotopic (exact) mass is 258 g/mol. The lowest BCUT2D eigenvalue weighted by molar-refractivity contribution is -0.133. The number of hydrogen-bond donors (Lipinski definition) is 4. The largest absolute Gasteiger partial charge is 0.478 e.